The molecule has 0 aliphatic rings. The summed E-state index contributed by atoms with van der Waals surface area (Å²) in [4.78, 5) is 4.04. The van der Waals surface area contributed by atoms with Crippen LogP contribution in [-0.2, 0) is 0 Å². The van der Waals surface area contributed by atoms with Crippen molar-refractivity contribution in [3.8, 4) is 11.3 Å². The van der Waals surface area contributed by atoms with E-state index in [-0.39, 0.29) is 5.56 Å². The Hall–Kier alpha value is -1.77. The van der Waals surface area contributed by atoms with Crippen LogP contribution >= 0.6 is 0 Å². The van der Waals surface area contributed by atoms with E-state index in [0.717, 1.165) is 11.6 Å². The van der Waals surface area contributed by atoms with Crippen LogP contribution in [0.15, 0.2) is 36.5 Å². The van der Waals surface area contributed by atoms with Crippen molar-refractivity contribution in [3.63, 3.8) is 0 Å². The average Bonchev–Trinajstić information content (AvgIpc) is 2.24. The number of rotatable bonds is 1. The first kappa shape index (κ1) is 9.77. The van der Waals surface area contributed by atoms with Gasteiger partial charge in [-0.05, 0) is 30.7 Å². The Morgan fingerprint density at radius 2 is 1.87 bits per heavy atom. The number of aromatic nitrogens is 1. The van der Waals surface area contributed by atoms with Crippen LogP contribution in [0.5, 0.6) is 0 Å². The van der Waals surface area contributed by atoms with E-state index in [1.54, 1.807) is 12.3 Å². The summed E-state index contributed by atoms with van der Waals surface area (Å²) in [6, 6.07) is 7.55. The molecule has 1 nitrogen and oxygen atoms in total. The Kier molecular flexibility index (Phi) is 2.46. The predicted octanol–water partition coefficient (Wildman–Crippen LogP) is 3.34. The first-order chi connectivity index (χ1) is 7.18. The van der Waals surface area contributed by atoms with Crippen LogP contribution < -0.4 is 0 Å². The second-order valence-corrected chi connectivity index (χ2v) is 3.32. The lowest BCUT2D eigenvalue weighted by Gasteiger charge is -2.03. The number of halogens is 2. The van der Waals surface area contributed by atoms with Crippen molar-refractivity contribution < 1.29 is 8.78 Å². The molecule has 0 aliphatic carbocycles. The van der Waals surface area contributed by atoms with E-state index in [4.69, 9.17) is 0 Å². The zero-order valence-corrected chi connectivity index (χ0v) is 8.17. The molecular weight excluding hydrogens is 196 g/mol. The molecule has 0 unspecified atom stereocenters. The van der Waals surface area contributed by atoms with Gasteiger partial charge in [-0.15, -0.1) is 0 Å². The maximum absolute atomic E-state index is 13.4. The first-order valence-electron chi connectivity index (χ1n) is 4.55. The number of hydrogen-bond donors (Lipinski definition) is 0. The van der Waals surface area contributed by atoms with Crippen LogP contribution in [0.3, 0.4) is 0 Å². The molecule has 0 fully saturated rings. The van der Waals surface area contributed by atoms with Gasteiger partial charge in [0.25, 0.3) is 0 Å². The van der Waals surface area contributed by atoms with Crippen LogP contribution in [-0.4, -0.2) is 4.98 Å². The molecule has 0 amide bonds. The molecule has 0 bridgehead atoms. The number of nitrogens with zero attached hydrogens (tertiary/aromatic N) is 1. The Bertz CT molecular complexity index is 477. The second-order valence-electron chi connectivity index (χ2n) is 3.32. The SMILES string of the molecule is Cc1ccc(-c2cccc(F)c2F)nc1. The Balaban J connectivity index is 2.54. The number of hydrogen-bond acceptors (Lipinski definition) is 1. The highest BCUT2D eigenvalue weighted by atomic mass is 19.2. The fourth-order valence-corrected chi connectivity index (χ4v) is 1.33. The maximum atomic E-state index is 13.4. The third-order valence-electron chi connectivity index (χ3n) is 2.14. The molecule has 1 aromatic carbocycles. The smallest absolute Gasteiger partial charge is 0.168 e. The normalized spacial score (nSPS) is 10.3. The Morgan fingerprint density at radius 3 is 2.53 bits per heavy atom. The lowest BCUT2D eigenvalue weighted by molar-refractivity contribution is 0.511. The molecule has 1 aromatic heterocycles. The lowest BCUT2D eigenvalue weighted by atomic mass is 10.1. The van der Waals surface area contributed by atoms with Gasteiger partial charge < -0.3 is 0 Å². The summed E-state index contributed by atoms with van der Waals surface area (Å²) in [6.45, 7) is 1.89. The zero-order valence-electron chi connectivity index (χ0n) is 8.17. The van der Waals surface area contributed by atoms with Crippen LogP contribution in [0.25, 0.3) is 11.3 Å². The molecule has 0 saturated carbocycles. The molecule has 0 spiro atoms. The summed E-state index contributed by atoms with van der Waals surface area (Å²) < 4.78 is 26.3. The maximum Gasteiger partial charge on any atom is 0.168 e. The van der Waals surface area contributed by atoms with E-state index in [1.807, 2.05) is 13.0 Å². The molecule has 3 heteroatoms. The van der Waals surface area contributed by atoms with Crippen molar-refractivity contribution in [1.82, 2.24) is 4.98 Å². The van der Waals surface area contributed by atoms with Gasteiger partial charge in [0.15, 0.2) is 11.6 Å². The van der Waals surface area contributed by atoms with Crippen molar-refractivity contribution in [2.24, 2.45) is 0 Å². The quantitative estimate of drug-likeness (QED) is 0.695. The molecule has 0 atom stereocenters. The molecular formula is C12H9F2N. The van der Waals surface area contributed by atoms with E-state index < -0.39 is 11.6 Å². The molecule has 2 rings (SSSR count). The minimum absolute atomic E-state index is 0.190. The molecule has 76 valence electrons. The minimum atomic E-state index is -0.853. The van der Waals surface area contributed by atoms with Gasteiger partial charge in [-0.25, -0.2) is 8.78 Å². The van der Waals surface area contributed by atoms with Crippen molar-refractivity contribution in [2.45, 2.75) is 6.92 Å². The van der Waals surface area contributed by atoms with Gasteiger partial charge >= 0.3 is 0 Å². The minimum Gasteiger partial charge on any atom is -0.256 e. The number of benzene rings is 1. The molecule has 0 N–H and O–H groups in total. The van der Waals surface area contributed by atoms with Gasteiger partial charge in [-0.1, -0.05) is 12.1 Å². The third kappa shape index (κ3) is 1.86. The second kappa shape index (κ2) is 3.77. The summed E-state index contributed by atoms with van der Waals surface area (Å²) >= 11 is 0. The highest BCUT2D eigenvalue weighted by Crippen LogP contribution is 2.22. The fourth-order valence-electron chi connectivity index (χ4n) is 1.33. The Labute approximate surface area is 86.4 Å². The van der Waals surface area contributed by atoms with Gasteiger partial charge in [0.1, 0.15) is 0 Å². The molecule has 15 heavy (non-hydrogen) atoms. The number of pyridine rings is 1. The summed E-state index contributed by atoms with van der Waals surface area (Å²) in [5.41, 5.74) is 1.61. The van der Waals surface area contributed by atoms with E-state index in [9.17, 15) is 8.78 Å². The van der Waals surface area contributed by atoms with E-state index in [0.29, 0.717) is 5.69 Å². The standard InChI is InChI=1S/C12H9F2N/c1-8-5-6-11(15-7-8)9-3-2-4-10(13)12(9)14/h2-7H,1H3. The highest BCUT2D eigenvalue weighted by molar-refractivity contribution is 5.59. The van der Waals surface area contributed by atoms with Crippen molar-refractivity contribution in [3.05, 3.63) is 53.7 Å². The molecule has 2 aromatic rings. The van der Waals surface area contributed by atoms with E-state index in [2.05, 4.69) is 4.98 Å². The van der Waals surface area contributed by atoms with Gasteiger partial charge in [-0.3, -0.25) is 4.98 Å². The van der Waals surface area contributed by atoms with Crippen LogP contribution in [0.1, 0.15) is 5.56 Å². The highest BCUT2D eigenvalue weighted by Gasteiger charge is 2.09. The number of aryl methyl sites for hydroxylation is 1. The van der Waals surface area contributed by atoms with Gasteiger partial charge in [0.2, 0.25) is 0 Å². The Morgan fingerprint density at radius 1 is 1.07 bits per heavy atom. The van der Waals surface area contributed by atoms with Gasteiger partial charge in [-0.2, -0.15) is 0 Å². The predicted molar refractivity (Wildman–Crippen MR) is 54.3 cm³/mol. The molecule has 0 saturated heterocycles. The topological polar surface area (TPSA) is 12.9 Å². The van der Waals surface area contributed by atoms with Crippen molar-refractivity contribution >= 4 is 0 Å². The molecule has 0 aliphatic heterocycles. The monoisotopic (exact) mass is 205 g/mol. The first-order valence-corrected chi connectivity index (χ1v) is 4.55. The zero-order chi connectivity index (χ0) is 10.8. The van der Waals surface area contributed by atoms with Crippen LogP contribution in [0.2, 0.25) is 0 Å². The molecule has 1 heterocycles. The van der Waals surface area contributed by atoms with Crippen LogP contribution in [0, 0.1) is 18.6 Å². The summed E-state index contributed by atoms with van der Waals surface area (Å²) in [5.74, 6) is -1.70. The van der Waals surface area contributed by atoms with Gasteiger partial charge in [0.05, 0.1) is 5.69 Å². The van der Waals surface area contributed by atoms with Crippen molar-refractivity contribution in [1.29, 1.82) is 0 Å². The van der Waals surface area contributed by atoms with Crippen molar-refractivity contribution in [2.75, 3.05) is 0 Å². The van der Waals surface area contributed by atoms with Gasteiger partial charge in [0, 0.05) is 11.8 Å². The molecule has 0 radical (unpaired) electrons. The lowest BCUT2D eigenvalue weighted by Crippen LogP contribution is -1.91. The summed E-state index contributed by atoms with van der Waals surface area (Å²) in [7, 11) is 0. The van der Waals surface area contributed by atoms with Crippen LogP contribution in [0.4, 0.5) is 8.78 Å². The van der Waals surface area contributed by atoms with E-state index >= 15 is 0 Å². The largest absolute Gasteiger partial charge is 0.256 e. The fraction of sp³-hybridized carbons (Fsp3) is 0.0833. The summed E-state index contributed by atoms with van der Waals surface area (Å²) in [6.07, 6.45) is 1.62. The van der Waals surface area contributed by atoms with E-state index in [1.165, 1.54) is 12.1 Å². The summed E-state index contributed by atoms with van der Waals surface area (Å²) in [5, 5.41) is 0. The average molecular weight is 205 g/mol. The third-order valence-corrected chi connectivity index (χ3v) is 2.14.